The number of carbonyl (C=O) groups is 1. The summed E-state index contributed by atoms with van der Waals surface area (Å²) in [6.07, 6.45) is 3.07. The molecule has 0 aliphatic rings. The predicted octanol–water partition coefficient (Wildman–Crippen LogP) is 7.97. The second kappa shape index (κ2) is 12.3. The van der Waals surface area contributed by atoms with Gasteiger partial charge in [0.15, 0.2) is 5.78 Å². The molecule has 0 saturated carbocycles. The van der Waals surface area contributed by atoms with Gasteiger partial charge in [-0.3, -0.25) is 4.79 Å². The van der Waals surface area contributed by atoms with E-state index in [1.54, 1.807) is 0 Å². The van der Waals surface area contributed by atoms with Gasteiger partial charge in [-0.1, -0.05) is 60.7 Å². The van der Waals surface area contributed by atoms with E-state index in [-0.39, 0.29) is 31.6 Å². The summed E-state index contributed by atoms with van der Waals surface area (Å²) >= 11 is 0. The van der Waals surface area contributed by atoms with Crippen molar-refractivity contribution in [2.75, 3.05) is 0 Å². The molecule has 0 atom stereocenters. The van der Waals surface area contributed by atoms with Crippen LogP contribution in [0, 0.1) is 13.0 Å². The summed E-state index contributed by atoms with van der Waals surface area (Å²) in [6, 6.07) is 32.0. The Morgan fingerprint density at radius 2 is 1.56 bits per heavy atom. The minimum atomic E-state index is -0.125. The number of hydrogen-bond donors (Lipinski definition) is 1. The van der Waals surface area contributed by atoms with Crippen LogP contribution < -0.4 is 0 Å². The number of ketones is 1. The number of carbonyl (C=O) groups excluding carboxylic acids is 1. The number of aryl methyl sites for hydroxylation is 1. The Hall–Kier alpha value is -3.79. The van der Waals surface area contributed by atoms with E-state index in [1.165, 1.54) is 25.5 Å². The summed E-state index contributed by atoms with van der Waals surface area (Å²) < 4.78 is 6.21. The summed E-state index contributed by atoms with van der Waals surface area (Å²) in [7, 11) is 0. The first-order chi connectivity index (χ1) is 16.9. The molecule has 1 radical (unpaired) electrons. The van der Waals surface area contributed by atoms with Gasteiger partial charge in [-0.2, -0.15) is 0 Å². The molecule has 0 fully saturated rings. The van der Waals surface area contributed by atoms with Crippen LogP contribution in [0.1, 0.15) is 19.4 Å². The molecule has 1 N–H and O–H groups in total. The number of allylic oxidation sites excluding steroid dienone is 2. The summed E-state index contributed by atoms with van der Waals surface area (Å²) in [5.74, 6) is 0.837. The van der Waals surface area contributed by atoms with Crippen LogP contribution in [0.5, 0.6) is 0 Å². The molecule has 2 heterocycles. The number of hydrogen-bond acceptors (Lipinski definition) is 4. The van der Waals surface area contributed by atoms with Gasteiger partial charge in [-0.15, -0.1) is 35.4 Å². The fourth-order valence-corrected chi connectivity index (χ4v) is 3.84. The molecule has 0 saturated heterocycles. The second-order valence-corrected chi connectivity index (χ2v) is 8.24. The molecule has 0 aliphatic carbocycles. The van der Waals surface area contributed by atoms with Crippen molar-refractivity contribution in [3.63, 3.8) is 0 Å². The molecule has 5 aromatic rings. The first-order valence-corrected chi connectivity index (χ1v) is 11.3. The molecule has 5 rings (SSSR count). The summed E-state index contributed by atoms with van der Waals surface area (Å²) in [5.41, 5.74) is 7.19. The molecule has 4 nitrogen and oxygen atoms in total. The number of rotatable bonds is 4. The number of benzene rings is 3. The molecule has 5 heteroatoms. The Morgan fingerprint density at radius 3 is 2.14 bits per heavy atom. The largest absolute Gasteiger partial charge is 0.512 e. The third-order valence-electron chi connectivity index (χ3n) is 5.46. The predicted molar refractivity (Wildman–Crippen MR) is 141 cm³/mol. The van der Waals surface area contributed by atoms with Gasteiger partial charge in [0.05, 0.1) is 5.76 Å². The maximum Gasteiger partial charge on any atom is 0.155 e. The van der Waals surface area contributed by atoms with Crippen molar-refractivity contribution in [3.8, 4) is 33.7 Å². The monoisotopic (exact) mass is 653 g/mol. The van der Waals surface area contributed by atoms with E-state index in [0.717, 1.165) is 44.7 Å². The van der Waals surface area contributed by atoms with Crippen molar-refractivity contribution in [1.82, 2.24) is 4.98 Å². The van der Waals surface area contributed by atoms with Gasteiger partial charge in [-0.05, 0) is 38.1 Å². The minimum absolute atomic E-state index is 0. The van der Waals surface area contributed by atoms with Gasteiger partial charge < -0.3 is 14.5 Å². The number of nitrogens with zero attached hydrogens (tertiary/aromatic N) is 1. The van der Waals surface area contributed by atoms with Crippen LogP contribution in [0.25, 0.3) is 44.7 Å². The molecular formula is C31H26IrNO3-. The topological polar surface area (TPSA) is 63.3 Å². The van der Waals surface area contributed by atoms with E-state index >= 15 is 0 Å². The van der Waals surface area contributed by atoms with Crippen LogP contribution >= 0.6 is 0 Å². The fraction of sp³-hybridized carbons (Fsp3) is 0.0968. The zero-order valence-electron chi connectivity index (χ0n) is 20.3. The van der Waals surface area contributed by atoms with Crippen molar-refractivity contribution >= 4 is 16.8 Å². The van der Waals surface area contributed by atoms with E-state index in [4.69, 9.17) is 9.52 Å². The minimum Gasteiger partial charge on any atom is -0.512 e. The molecule has 0 aliphatic heterocycles. The van der Waals surface area contributed by atoms with Crippen LogP contribution in [0.4, 0.5) is 0 Å². The molecule has 0 spiro atoms. The van der Waals surface area contributed by atoms with Gasteiger partial charge in [0.1, 0.15) is 11.3 Å². The molecule has 2 aromatic heterocycles. The Morgan fingerprint density at radius 1 is 0.917 bits per heavy atom. The number of aliphatic hydroxyl groups excluding tert-OH is 1. The summed E-state index contributed by atoms with van der Waals surface area (Å²) in [6.45, 7) is 4.93. The number of pyridine rings is 1. The molecule has 0 bridgehead atoms. The van der Waals surface area contributed by atoms with Gasteiger partial charge in [0.25, 0.3) is 0 Å². The van der Waals surface area contributed by atoms with Crippen molar-refractivity contribution in [3.05, 3.63) is 115 Å². The van der Waals surface area contributed by atoms with Crippen molar-refractivity contribution in [2.45, 2.75) is 20.8 Å². The van der Waals surface area contributed by atoms with Crippen molar-refractivity contribution in [1.29, 1.82) is 0 Å². The Bertz CT molecular complexity index is 1480. The van der Waals surface area contributed by atoms with Gasteiger partial charge in [0.2, 0.25) is 0 Å². The zero-order chi connectivity index (χ0) is 24.8. The summed E-state index contributed by atoms with van der Waals surface area (Å²) in [4.78, 5) is 14.7. The van der Waals surface area contributed by atoms with Gasteiger partial charge in [0, 0.05) is 48.9 Å². The van der Waals surface area contributed by atoms with Gasteiger partial charge in [-0.25, -0.2) is 0 Å². The first kappa shape index (κ1) is 26.8. The average molecular weight is 653 g/mol. The standard InChI is InChI=1S/C26H18NO.C5H8O2.Ir/c1-18-23-17-27-24(16-25(23)28-26(18)20-11-6-3-7-12-20)22-14-8-13-21(15-22)19-9-4-2-5-10-19;1-4(6)3-5(2)7;/h2-13,15-17H,1H3;3,6H,1-2H3;/q-1;;/b;4-3-;. The number of fused-ring (bicyclic) bond motifs is 1. The van der Waals surface area contributed by atoms with Crippen molar-refractivity contribution < 1.29 is 34.4 Å². The zero-order valence-corrected chi connectivity index (χ0v) is 22.7. The Labute approximate surface area is 224 Å². The normalized spacial score (nSPS) is 10.8. The maximum absolute atomic E-state index is 10.0. The fourth-order valence-electron chi connectivity index (χ4n) is 3.84. The molecule has 36 heavy (non-hydrogen) atoms. The number of aromatic nitrogens is 1. The average Bonchev–Trinajstić information content (AvgIpc) is 3.20. The third-order valence-corrected chi connectivity index (χ3v) is 5.46. The van der Waals surface area contributed by atoms with Crippen LogP contribution in [0.3, 0.4) is 0 Å². The van der Waals surface area contributed by atoms with E-state index < -0.39 is 0 Å². The molecule has 0 amide bonds. The van der Waals surface area contributed by atoms with E-state index in [0.29, 0.717) is 0 Å². The van der Waals surface area contributed by atoms with Crippen LogP contribution in [-0.2, 0) is 24.9 Å². The number of furan rings is 1. The Balaban J connectivity index is 0.000000400. The molecule has 3 aromatic carbocycles. The second-order valence-electron chi connectivity index (χ2n) is 8.24. The van der Waals surface area contributed by atoms with Crippen LogP contribution in [-0.4, -0.2) is 15.9 Å². The quantitative estimate of drug-likeness (QED) is 0.122. The van der Waals surface area contributed by atoms with E-state index in [1.807, 2.05) is 54.7 Å². The number of aliphatic hydroxyl groups is 1. The maximum atomic E-state index is 10.0. The summed E-state index contributed by atoms with van der Waals surface area (Å²) in [5, 5.41) is 9.41. The van der Waals surface area contributed by atoms with E-state index in [2.05, 4.69) is 54.4 Å². The first-order valence-electron chi connectivity index (χ1n) is 11.3. The molecular weight excluding hydrogens is 627 g/mol. The van der Waals surface area contributed by atoms with Crippen LogP contribution in [0.15, 0.2) is 107 Å². The van der Waals surface area contributed by atoms with Crippen molar-refractivity contribution in [2.24, 2.45) is 0 Å². The van der Waals surface area contributed by atoms with Gasteiger partial charge >= 0.3 is 0 Å². The molecule has 183 valence electrons. The van der Waals surface area contributed by atoms with Crippen LogP contribution in [0.2, 0.25) is 0 Å². The Kier molecular flexibility index (Phi) is 9.13. The smallest absolute Gasteiger partial charge is 0.155 e. The third kappa shape index (κ3) is 6.45. The SMILES string of the molecule is CC(=O)/C=C(/C)O.Cc1c(-c2ccccc2)oc2cc(-c3[c-]ccc(-c4ccccc4)c3)ncc12.[Ir]. The van der Waals surface area contributed by atoms with E-state index in [9.17, 15) is 4.79 Å². The molecule has 0 unspecified atom stereocenters.